The molecule has 2 aromatic heterocycles. The van der Waals surface area contributed by atoms with Crippen molar-refractivity contribution >= 4 is 23.1 Å². The standard InChI is InChI=1S/C14H11ClFN3/c1-8-4-5-19-12(6-8)18-13(14(19)17)10-7-9(15)2-3-11(10)16/h2-7H,17H2,1H3. The van der Waals surface area contributed by atoms with Gasteiger partial charge in [0.25, 0.3) is 0 Å². The number of imidazole rings is 1. The zero-order chi connectivity index (χ0) is 13.6. The molecule has 2 N–H and O–H groups in total. The lowest BCUT2D eigenvalue weighted by Crippen LogP contribution is -1.95. The lowest BCUT2D eigenvalue weighted by Gasteiger charge is -2.02. The minimum absolute atomic E-state index is 0.311. The third kappa shape index (κ3) is 1.94. The molecule has 0 aliphatic rings. The quantitative estimate of drug-likeness (QED) is 0.736. The predicted molar refractivity (Wildman–Crippen MR) is 74.7 cm³/mol. The molecule has 3 aromatic rings. The van der Waals surface area contributed by atoms with Crippen LogP contribution in [0.3, 0.4) is 0 Å². The first-order valence-electron chi connectivity index (χ1n) is 5.76. The second kappa shape index (κ2) is 4.24. The number of pyridine rings is 1. The number of fused-ring (bicyclic) bond motifs is 1. The summed E-state index contributed by atoms with van der Waals surface area (Å²) in [6.07, 6.45) is 1.82. The Morgan fingerprint density at radius 3 is 2.84 bits per heavy atom. The summed E-state index contributed by atoms with van der Waals surface area (Å²) in [7, 11) is 0. The van der Waals surface area contributed by atoms with Gasteiger partial charge in [0.05, 0.1) is 0 Å². The van der Waals surface area contributed by atoms with Gasteiger partial charge in [-0.15, -0.1) is 0 Å². The first-order valence-corrected chi connectivity index (χ1v) is 6.13. The average molecular weight is 276 g/mol. The van der Waals surface area contributed by atoms with E-state index in [1.165, 1.54) is 18.2 Å². The van der Waals surface area contributed by atoms with Crippen molar-refractivity contribution in [2.75, 3.05) is 5.73 Å². The van der Waals surface area contributed by atoms with Crippen LogP contribution in [-0.2, 0) is 0 Å². The van der Waals surface area contributed by atoms with Crippen LogP contribution in [0.25, 0.3) is 16.9 Å². The van der Waals surface area contributed by atoms with Crippen LogP contribution in [-0.4, -0.2) is 9.38 Å². The van der Waals surface area contributed by atoms with Crippen LogP contribution in [0.5, 0.6) is 0 Å². The van der Waals surface area contributed by atoms with Crippen LogP contribution in [0.2, 0.25) is 5.02 Å². The molecule has 0 amide bonds. The Morgan fingerprint density at radius 1 is 1.26 bits per heavy atom. The maximum Gasteiger partial charge on any atom is 0.139 e. The van der Waals surface area contributed by atoms with Crippen molar-refractivity contribution < 1.29 is 4.39 Å². The maximum absolute atomic E-state index is 13.9. The monoisotopic (exact) mass is 275 g/mol. The Kier molecular flexibility index (Phi) is 2.68. The summed E-state index contributed by atoms with van der Waals surface area (Å²) >= 11 is 5.90. The number of aromatic nitrogens is 2. The molecule has 19 heavy (non-hydrogen) atoms. The molecule has 96 valence electrons. The van der Waals surface area contributed by atoms with Gasteiger partial charge in [-0.2, -0.15) is 0 Å². The van der Waals surface area contributed by atoms with Crippen molar-refractivity contribution in [3.8, 4) is 11.3 Å². The van der Waals surface area contributed by atoms with Crippen LogP contribution in [0.15, 0.2) is 36.5 Å². The topological polar surface area (TPSA) is 43.3 Å². The molecule has 3 rings (SSSR count). The van der Waals surface area contributed by atoms with E-state index >= 15 is 0 Å². The Hall–Kier alpha value is -2.07. The van der Waals surface area contributed by atoms with Gasteiger partial charge < -0.3 is 5.73 Å². The number of nitrogen functional groups attached to an aromatic ring is 1. The van der Waals surface area contributed by atoms with E-state index in [0.717, 1.165) is 5.56 Å². The Labute approximate surface area is 114 Å². The van der Waals surface area contributed by atoms with Gasteiger partial charge in [-0.1, -0.05) is 11.6 Å². The van der Waals surface area contributed by atoms with Crippen LogP contribution >= 0.6 is 11.6 Å². The summed E-state index contributed by atoms with van der Waals surface area (Å²) < 4.78 is 15.6. The lowest BCUT2D eigenvalue weighted by molar-refractivity contribution is 0.631. The molecule has 5 heteroatoms. The van der Waals surface area contributed by atoms with Gasteiger partial charge in [0.2, 0.25) is 0 Å². The first kappa shape index (κ1) is 12.0. The molecule has 0 atom stereocenters. The smallest absolute Gasteiger partial charge is 0.139 e. The van der Waals surface area contributed by atoms with Crippen molar-refractivity contribution in [2.45, 2.75) is 6.92 Å². The molecule has 3 nitrogen and oxygen atoms in total. The van der Waals surface area contributed by atoms with E-state index in [-0.39, 0.29) is 0 Å². The molecule has 0 saturated heterocycles. The van der Waals surface area contributed by atoms with E-state index < -0.39 is 5.82 Å². The van der Waals surface area contributed by atoms with Crippen molar-refractivity contribution in [1.29, 1.82) is 0 Å². The van der Waals surface area contributed by atoms with Gasteiger partial charge in [-0.05, 0) is 42.8 Å². The van der Waals surface area contributed by atoms with Gasteiger partial charge in [-0.25, -0.2) is 9.37 Å². The zero-order valence-electron chi connectivity index (χ0n) is 10.2. The van der Waals surface area contributed by atoms with Gasteiger partial charge in [-0.3, -0.25) is 4.40 Å². The fourth-order valence-corrected chi connectivity index (χ4v) is 2.21. The molecule has 0 aliphatic carbocycles. The molecule has 0 unspecified atom stereocenters. The van der Waals surface area contributed by atoms with Gasteiger partial charge in [0.15, 0.2) is 0 Å². The van der Waals surface area contributed by atoms with E-state index in [4.69, 9.17) is 17.3 Å². The van der Waals surface area contributed by atoms with Gasteiger partial charge in [0.1, 0.15) is 23.0 Å². The molecule has 0 radical (unpaired) electrons. The summed E-state index contributed by atoms with van der Waals surface area (Å²) in [4.78, 5) is 4.38. The average Bonchev–Trinajstić information content (AvgIpc) is 2.69. The highest BCUT2D eigenvalue weighted by molar-refractivity contribution is 6.30. The summed E-state index contributed by atoms with van der Waals surface area (Å²) in [5.74, 6) is 0.00685. The molecule has 0 aliphatic heterocycles. The Bertz CT molecular complexity index is 780. The van der Waals surface area contributed by atoms with Crippen molar-refractivity contribution in [3.63, 3.8) is 0 Å². The largest absolute Gasteiger partial charge is 0.383 e. The number of rotatable bonds is 1. The van der Waals surface area contributed by atoms with Crippen LogP contribution in [0, 0.1) is 12.7 Å². The van der Waals surface area contributed by atoms with E-state index in [2.05, 4.69) is 4.98 Å². The van der Waals surface area contributed by atoms with Gasteiger partial charge >= 0.3 is 0 Å². The number of benzene rings is 1. The molecule has 2 heterocycles. The van der Waals surface area contributed by atoms with E-state index in [1.807, 2.05) is 25.3 Å². The van der Waals surface area contributed by atoms with E-state index in [0.29, 0.717) is 27.7 Å². The number of aryl methyl sites for hydroxylation is 1. The first-order chi connectivity index (χ1) is 9.06. The molecule has 0 spiro atoms. The predicted octanol–water partition coefficient (Wildman–Crippen LogP) is 3.68. The second-order valence-corrected chi connectivity index (χ2v) is 4.84. The number of nitrogens with two attached hydrogens (primary N) is 1. The summed E-state index contributed by atoms with van der Waals surface area (Å²) in [5, 5.41) is 0.448. The number of hydrogen-bond acceptors (Lipinski definition) is 2. The summed E-state index contributed by atoms with van der Waals surface area (Å²) in [5.41, 5.74) is 8.50. The van der Waals surface area contributed by atoms with Crippen molar-refractivity contribution in [2.24, 2.45) is 0 Å². The third-order valence-corrected chi connectivity index (χ3v) is 3.24. The maximum atomic E-state index is 13.9. The molecule has 0 bridgehead atoms. The molecule has 0 fully saturated rings. The normalized spacial score (nSPS) is 11.1. The highest BCUT2D eigenvalue weighted by atomic mass is 35.5. The minimum atomic E-state index is -0.392. The highest BCUT2D eigenvalue weighted by Crippen LogP contribution is 2.30. The van der Waals surface area contributed by atoms with E-state index in [9.17, 15) is 4.39 Å². The highest BCUT2D eigenvalue weighted by Gasteiger charge is 2.15. The second-order valence-electron chi connectivity index (χ2n) is 4.40. The lowest BCUT2D eigenvalue weighted by atomic mass is 10.1. The molecular formula is C14H11ClFN3. The fraction of sp³-hybridized carbons (Fsp3) is 0.0714. The third-order valence-electron chi connectivity index (χ3n) is 3.00. The number of halogens is 2. The van der Waals surface area contributed by atoms with Crippen LogP contribution in [0.4, 0.5) is 10.2 Å². The summed E-state index contributed by atoms with van der Waals surface area (Å²) in [6.45, 7) is 1.96. The Morgan fingerprint density at radius 2 is 2.05 bits per heavy atom. The van der Waals surface area contributed by atoms with Crippen LogP contribution in [0.1, 0.15) is 5.56 Å². The van der Waals surface area contributed by atoms with Crippen LogP contribution < -0.4 is 5.73 Å². The van der Waals surface area contributed by atoms with Crippen molar-refractivity contribution in [1.82, 2.24) is 9.38 Å². The molecule has 1 aromatic carbocycles. The molecule has 0 saturated carbocycles. The van der Waals surface area contributed by atoms with Gasteiger partial charge in [0, 0.05) is 16.8 Å². The number of anilines is 1. The SMILES string of the molecule is Cc1ccn2c(N)c(-c3cc(Cl)ccc3F)nc2c1. The zero-order valence-corrected chi connectivity index (χ0v) is 10.9. The van der Waals surface area contributed by atoms with E-state index in [1.54, 1.807) is 4.40 Å². The van der Waals surface area contributed by atoms with Crippen molar-refractivity contribution in [3.05, 3.63) is 52.9 Å². The Balaban J connectivity index is 2.30. The molecular weight excluding hydrogens is 265 g/mol. The minimum Gasteiger partial charge on any atom is -0.383 e. The number of hydrogen-bond donors (Lipinski definition) is 1. The fourth-order valence-electron chi connectivity index (χ4n) is 2.04. The number of nitrogens with zero attached hydrogens (tertiary/aromatic N) is 2. The summed E-state index contributed by atoms with van der Waals surface area (Å²) in [6, 6.07) is 8.15.